The van der Waals surface area contributed by atoms with E-state index in [0.29, 0.717) is 12.8 Å². The molecule has 0 radical (unpaired) electrons. The van der Waals surface area contributed by atoms with Crippen LogP contribution in [0.2, 0.25) is 0 Å². The molecule has 5 nitrogen and oxygen atoms in total. The first-order valence-electron chi connectivity index (χ1n) is 7.23. The van der Waals surface area contributed by atoms with E-state index in [2.05, 4.69) is 5.32 Å². The van der Waals surface area contributed by atoms with E-state index >= 15 is 0 Å². The molecule has 112 valence electrons. The van der Waals surface area contributed by atoms with Crippen LogP contribution in [0.5, 0.6) is 0 Å². The third-order valence-corrected chi connectivity index (χ3v) is 5.92. The van der Waals surface area contributed by atoms with Gasteiger partial charge in [0.2, 0.25) is 11.8 Å². The Labute approximate surface area is 123 Å². The summed E-state index contributed by atoms with van der Waals surface area (Å²) in [4.78, 5) is 38.4. The summed E-state index contributed by atoms with van der Waals surface area (Å²) < 4.78 is 0. The van der Waals surface area contributed by atoms with E-state index < -0.39 is 17.4 Å². The maximum absolute atomic E-state index is 12.8. The fraction of sp³-hybridized carbons (Fsp3) is 0.786. The number of nitrogens with one attached hydrogen (secondary N) is 1. The highest BCUT2D eigenvalue weighted by atomic mass is 32.2. The molecule has 2 aliphatic rings. The molecule has 1 aliphatic heterocycles. The van der Waals surface area contributed by atoms with E-state index in [-0.39, 0.29) is 17.2 Å². The highest BCUT2D eigenvalue weighted by Crippen LogP contribution is 2.38. The zero-order valence-electron chi connectivity index (χ0n) is 12.3. The second-order valence-corrected chi connectivity index (χ2v) is 6.57. The van der Waals surface area contributed by atoms with Gasteiger partial charge in [0.05, 0.1) is 6.04 Å². The van der Waals surface area contributed by atoms with Crippen LogP contribution in [0.4, 0.5) is 4.79 Å². The number of hydrogen-bond donors (Lipinski definition) is 1. The number of urea groups is 1. The number of rotatable bonds is 4. The van der Waals surface area contributed by atoms with Crippen LogP contribution in [0.25, 0.3) is 0 Å². The highest BCUT2D eigenvalue weighted by Gasteiger charge is 2.54. The Morgan fingerprint density at radius 3 is 2.45 bits per heavy atom. The summed E-state index contributed by atoms with van der Waals surface area (Å²) in [6.07, 6.45) is 5.73. The molecule has 0 bridgehead atoms. The number of carbonyl (C=O) groups excluding carboxylic acids is 3. The van der Waals surface area contributed by atoms with Crippen LogP contribution in [0, 0.1) is 5.41 Å². The summed E-state index contributed by atoms with van der Waals surface area (Å²) in [7, 11) is 0. The topological polar surface area (TPSA) is 66.5 Å². The van der Waals surface area contributed by atoms with Crippen molar-refractivity contribution in [1.82, 2.24) is 10.2 Å². The van der Waals surface area contributed by atoms with Gasteiger partial charge in [0.25, 0.3) is 0 Å². The molecule has 20 heavy (non-hydrogen) atoms. The number of imide groups is 2. The second-order valence-electron chi connectivity index (χ2n) is 5.50. The number of nitrogens with zero attached hydrogens (tertiary/aromatic N) is 1. The van der Waals surface area contributed by atoms with Crippen LogP contribution in [-0.4, -0.2) is 40.3 Å². The van der Waals surface area contributed by atoms with Crippen LogP contribution in [0.3, 0.4) is 0 Å². The molecule has 2 fully saturated rings. The first-order chi connectivity index (χ1) is 9.51. The van der Waals surface area contributed by atoms with Crippen molar-refractivity contribution in [3.63, 3.8) is 0 Å². The minimum Gasteiger partial charge on any atom is -0.277 e. The summed E-state index contributed by atoms with van der Waals surface area (Å²) in [5.74, 6) is -0.741. The summed E-state index contributed by atoms with van der Waals surface area (Å²) >= 11 is 1.70. The predicted octanol–water partition coefficient (Wildman–Crippen LogP) is 2.16. The molecule has 2 unspecified atom stereocenters. The molecule has 2 atom stereocenters. The summed E-state index contributed by atoms with van der Waals surface area (Å²) in [6.45, 7) is 3.66. The molecular weight excluding hydrogens is 276 g/mol. The van der Waals surface area contributed by atoms with Gasteiger partial charge in [-0.15, -0.1) is 0 Å². The zero-order valence-corrected chi connectivity index (χ0v) is 13.1. The molecule has 0 aromatic rings. The summed E-state index contributed by atoms with van der Waals surface area (Å²) in [5, 5.41) is 2.67. The van der Waals surface area contributed by atoms with Crippen molar-refractivity contribution in [3.05, 3.63) is 0 Å². The van der Waals surface area contributed by atoms with Gasteiger partial charge < -0.3 is 0 Å². The van der Waals surface area contributed by atoms with Gasteiger partial charge in [-0.05, 0) is 31.9 Å². The fourth-order valence-corrected chi connectivity index (χ4v) is 4.32. The largest absolute Gasteiger partial charge is 0.331 e. The minimum absolute atomic E-state index is 0.0805. The van der Waals surface area contributed by atoms with Gasteiger partial charge in [0, 0.05) is 5.25 Å². The molecule has 0 aromatic heterocycles. The normalized spacial score (nSPS) is 29.8. The third kappa shape index (κ3) is 2.14. The second kappa shape index (κ2) is 5.76. The predicted molar refractivity (Wildman–Crippen MR) is 78.3 cm³/mol. The Kier molecular flexibility index (Phi) is 4.42. The van der Waals surface area contributed by atoms with Gasteiger partial charge in [-0.2, -0.15) is 11.8 Å². The van der Waals surface area contributed by atoms with Crippen LogP contribution in [-0.2, 0) is 9.59 Å². The molecule has 6 heteroatoms. The van der Waals surface area contributed by atoms with E-state index in [9.17, 15) is 14.4 Å². The molecule has 1 heterocycles. The number of hydrogen-bond acceptors (Lipinski definition) is 4. The van der Waals surface area contributed by atoms with Crippen LogP contribution < -0.4 is 5.32 Å². The molecule has 4 amide bonds. The van der Waals surface area contributed by atoms with E-state index in [0.717, 1.165) is 19.3 Å². The van der Waals surface area contributed by atoms with E-state index in [4.69, 9.17) is 0 Å². The van der Waals surface area contributed by atoms with Crippen molar-refractivity contribution in [2.75, 3.05) is 6.26 Å². The minimum atomic E-state index is -1.07. The molecular formula is C14H22N2O3S. The zero-order chi connectivity index (χ0) is 14.9. The van der Waals surface area contributed by atoms with Crippen molar-refractivity contribution in [2.24, 2.45) is 5.41 Å². The maximum Gasteiger partial charge on any atom is 0.331 e. The first-order valence-corrected chi connectivity index (χ1v) is 8.52. The van der Waals surface area contributed by atoms with Gasteiger partial charge >= 0.3 is 6.03 Å². The smallest absolute Gasteiger partial charge is 0.277 e. The van der Waals surface area contributed by atoms with Crippen molar-refractivity contribution in [2.45, 2.75) is 57.2 Å². The lowest BCUT2D eigenvalue weighted by Gasteiger charge is -2.42. The van der Waals surface area contributed by atoms with E-state index in [1.807, 2.05) is 20.1 Å². The Bertz CT molecular complexity index is 434. The number of carbonyl (C=O) groups is 3. The Morgan fingerprint density at radius 2 is 1.90 bits per heavy atom. The molecule has 1 aliphatic carbocycles. The van der Waals surface area contributed by atoms with Crippen molar-refractivity contribution >= 4 is 29.6 Å². The summed E-state index contributed by atoms with van der Waals surface area (Å²) in [6, 6.07) is -0.619. The lowest BCUT2D eigenvalue weighted by molar-refractivity contribution is -0.153. The number of amides is 4. The van der Waals surface area contributed by atoms with Crippen LogP contribution >= 0.6 is 11.8 Å². The average Bonchev–Trinajstić information content (AvgIpc) is 2.88. The molecule has 1 saturated carbocycles. The summed E-state index contributed by atoms with van der Waals surface area (Å²) in [5.41, 5.74) is -1.07. The molecule has 0 spiro atoms. The maximum atomic E-state index is 12.8. The molecule has 1 N–H and O–H groups in total. The van der Waals surface area contributed by atoms with E-state index in [1.165, 1.54) is 4.90 Å². The standard InChI is InChI=1S/C14H22N2O3S/c1-4-14(5-2)11(17)15-13(19)16(12(14)18)9-7-6-8-10(9)20-3/h9-10H,4-8H2,1-3H3,(H,15,17,19). The third-order valence-electron chi connectivity index (χ3n) is 4.76. The van der Waals surface area contributed by atoms with Gasteiger partial charge in [-0.1, -0.05) is 20.3 Å². The highest BCUT2D eigenvalue weighted by molar-refractivity contribution is 7.99. The first kappa shape index (κ1) is 15.4. The van der Waals surface area contributed by atoms with Gasteiger partial charge in [-0.3, -0.25) is 19.8 Å². The van der Waals surface area contributed by atoms with Gasteiger partial charge in [0.1, 0.15) is 5.41 Å². The Morgan fingerprint density at radius 1 is 1.25 bits per heavy atom. The molecule has 1 saturated heterocycles. The SMILES string of the molecule is CCC1(CC)C(=O)NC(=O)N(C2CCCC2SC)C1=O. The van der Waals surface area contributed by atoms with E-state index in [1.54, 1.807) is 11.8 Å². The fourth-order valence-electron chi connectivity index (χ4n) is 3.35. The van der Waals surface area contributed by atoms with Crippen LogP contribution in [0.1, 0.15) is 46.0 Å². The number of thioether (sulfide) groups is 1. The molecule has 2 rings (SSSR count). The lowest BCUT2D eigenvalue weighted by atomic mass is 9.78. The Hall–Kier alpha value is -1.04. The van der Waals surface area contributed by atoms with Gasteiger partial charge in [-0.25, -0.2) is 4.79 Å². The van der Waals surface area contributed by atoms with Crippen molar-refractivity contribution in [1.29, 1.82) is 0 Å². The van der Waals surface area contributed by atoms with Crippen molar-refractivity contribution < 1.29 is 14.4 Å². The monoisotopic (exact) mass is 298 g/mol. The van der Waals surface area contributed by atoms with Gasteiger partial charge in [0.15, 0.2) is 0 Å². The van der Waals surface area contributed by atoms with Crippen LogP contribution in [0.15, 0.2) is 0 Å². The lowest BCUT2D eigenvalue weighted by Crippen LogP contribution is -2.66. The average molecular weight is 298 g/mol. The Balaban J connectivity index is 2.35. The van der Waals surface area contributed by atoms with Crippen molar-refractivity contribution in [3.8, 4) is 0 Å². The number of barbiturate groups is 1. The quantitative estimate of drug-likeness (QED) is 0.808. The molecule has 0 aromatic carbocycles.